The molecule has 0 aliphatic carbocycles. The number of anilines is 1. The second kappa shape index (κ2) is 5.81. The molecule has 0 unspecified atom stereocenters. The summed E-state index contributed by atoms with van der Waals surface area (Å²) in [5.74, 6) is -0.0815. The van der Waals surface area contributed by atoms with E-state index in [0.29, 0.717) is 11.2 Å². The van der Waals surface area contributed by atoms with Crippen molar-refractivity contribution in [3.8, 4) is 0 Å². The number of oxazole rings is 1. The SMILES string of the molecule is CCCNc1ncc(F)c(Sc2nc(C)co2)n1. The Hall–Kier alpha value is -1.63. The molecule has 0 fully saturated rings. The molecule has 0 atom stereocenters. The highest BCUT2D eigenvalue weighted by molar-refractivity contribution is 7.99. The quantitative estimate of drug-likeness (QED) is 0.841. The van der Waals surface area contributed by atoms with Crippen LogP contribution in [0.2, 0.25) is 0 Å². The van der Waals surface area contributed by atoms with Crippen LogP contribution in [0.1, 0.15) is 19.0 Å². The van der Waals surface area contributed by atoms with Crippen molar-refractivity contribution in [1.82, 2.24) is 15.0 Å². The molecule has 0 aliphatic heterocycles. The van der Waals surface area contributed by atoms with Crippen molar-refractivity contribution in [1.29, 1.82) is 0 Å². The van der Waals surface area contributed by atoms with Crippen LogP contribution in [-0.2, 0) is 0 Å². The summed E-state index contributed by atoms with van der Waals surface area (Å²) in [7, 11) is 0. The topological polar surface area (TPSA) is 63.8 Å². The van der Waals surface area contributed by atoms with E-state index in [-0.39, 0.29) is 5.03 Å². The molecule has 0 amide bonds. The van der Waals surface area contributed by atoms with Crippen molar-refractivity contribution in [2.45, 2.75) is 30.5 Å². The highest BCUT2D eigenvalue weighted by atomic mass is 32.2. The van der Waals surface area contributed by atoms with E-state index in [9.17, 15) is 4.39 Å². The molecule has 0 bridgehead atoms. The Balaban J connectivity index is 2.15. The summed E-state index contributed by atoms with van der Waals surface area (Å²) in [6.45, 7) is 4.58. The minimum Gasteiger partial charge on any atom is -0.439 e. The standard InChI is InChI=1S/C11H13FN4OS/c1-3-4-13-10-14-5-8(12)9(16-10)18-11-15-7(2)6-17-11/h5-6H,3-4H2,1-2H3,(H,13,14,16). The molecule has 0 aliphatic rings. The predicted molar refractivity (Wildman–Crippen MR) is 66.1 cm³/mol. The lowest BCUT2D eigenvalue weighted by Gasteiger charge is -2.04. The van der Waals surface area contributed by atoms with Gasteiger partial charge in [-0.15, -0.1) is 0 Å². The fourth-order valence-electron chi connectivity index (χ4n) is 1.21. The first-order valence-electron chi connectivity index (χ1n) is 5.55. The van der Waals surface area contributed by atoms with Gasteiger partial charge in [0.2, 0.25) is 5.95 Å². The number of aromatic nitrogens is 3. The maximum Gasteiger partial charge on any atom is 0.262 e. The van der Waals surface area contributed by atoms with Crippen LogP contribution in [0.3, 0.4) is 0 Å². The average molecular weight is 268 g/mol. The van der Waals surface area contributed by atoms with Crippen LogP contribution in [0, 0.1) is 12.7 Å². The summed E-state index contributed by atoms with van der Waals surface area (Å²) >= 11 is 1.04. The van der Waals surface area contributed by atoms with Crippen molar-refractivity contribution >= 4 is 17.7 Å². The Morgan fingerprint density at radius 2 is 2.28 bits per heavy atom. The molecule has 18 heavy (non-hydrogen) atoms. The Morgan fingerprint density at radius 3 is 2.94 bits per heavy atom. The zero-order valence-electron chi connectivity index (χ0n) is 10.1. The smallest absolute Gasteiger partial charge is 0.262 e. The molecule has 96 valence electrons. The molecular formula is C11H13FN4OS. The molecule has 7 heteroatoms. The minimum atomic E-state index is -0.488. The first-order chi connectivity index (χ1) is 8.69. The summed E-state index contributed by atoms with van der Waals surface area (Å²) in [5, 5.41) is 3.57. The fraction of sp³-hybridized carbons (Fsp3) is 0.364. The number of hydrogen-bond acceptors (Lipinski definition) is 6. The summed E-state index contributed by atoms with van der Waals surface area (Å²) < 4.78 is 18.7. The summed E-state index contributed by atoms with van der Waals surface area (Å²) in [4.78, 5) is 12.0. The van der Waals surface area contributed by atoms with E-state index >= 15 is 0 Å². The Kier molecular flexibility index (Phi) is 4.14. The molecule has 2 heterocycles. The lowest BCUT2D eigenvalue weighted by atomic mass is 10.5. The molecule has 5 nitrogen and oxygen atoms in total. The third-order valence-corrected chi connectivity index (χ3v) is 2.87. The van der Waals surface area contributed by atoms with Crippen molar-refractivity contribution in [2.75, 3.05) is 11.9 Å². The van der Waals surface area contributed by atoms with Crippen LogP contribution >= 0.6 is 11.8 Å². The van der Waals surface area contributed by atoms with Gasteiger partial charge in [-0.3, -0.25) is 0 Å². The molecule has 2 aromatic rings. The zero-order valence-corrected chi connectivity index (χ0v) is 10.9. The van der Waals surface area contributed by atoms with Crippen molar-refractivity contribution in [3.05, 3.63) is 24.0 Å². The van der Waals surface area contributed by atoms with E-state index in [1.54, 1.807) is 6.92 Å². The third kappa shape index (κ3) is 3.19. The zero-order chi connectivity index (χ0) is 13.0. The maximum absolute atomic E-state index is 13.5. The summed E-state index contributed by atoms with van der Waals surface area (Å²) in [5.41, 5.74) is 0.747. The van der Waals surface area contributed by atoms with Gasteiger partial charge in [0.05, 0.1) is 11.9 Å². The number of rotatable bonds is 5. The lowest BCUT2D eigenvalue weighted by Crippen LogP contribution is -2.05. The fourth-order valence-corrected chi connectivity index (χ4v) is 1.94. The van der Waals surface area contributed by atoms with Crippen molar-refractivity contribution < 1.29 is 8.81 Å². The monoisotopic (exact) mass is 268 g/mol. The van der Waals surface area contributed by atoms with Crippen LogP contribution in [0.4, 0.5) is 10.3 Å². The van der Waals surface area contributed by atoms with Gasteiger partial charge in [0.1, 0.15) is 11.3 Å². The van der Waals surface area contributed by atoms with Gasteiger partial charge < -0.3 is 9.73 Å². The summed E-state index contributed by atoms with van der Waals surface area (Å²) in [6, 6.07) is 0. The molecule has 0 spiro atoms. The van der Waals surface area contributed by atoms with Crippen LogP contribution in [0.5, 0.6) is 0 Å². The average Bonchev–Trinajstić information content (AvgIpc) is 2.76. The molecule has 0 radical (unpaired) electrons. The second-order valence-corrected chi connectivity index (χ2v) is 4.57. The molecule has 0 aromatic carbocycles. The highest BCUT2D eigenvalue weighted by Crippen LogP contribution is 2.27. The van der Waals surface area contributed by atoms with E-state index in [0.717, 1.165) is 36.6 Å². The highest BCUT2D eigenvalue weighted by Gasteiger charge is 2.12. The third-order valence-electron chi connectivity index (χ3n) is 2.03. The van der Waals surface area contributed by atoms with Crippen molar-refractivity contribution in [3.63, 3.8) is 0 Å². The normalized spacial score (nSPS) is 10.6. The largest absolute Gasteiger partial charge is 0.439 e. The molecule has 2 aromatic heterocycles. The molecule has 1 N–H and O–H groups in total. The summed E-state index contributed by atoms with van der Waals surface area (Å²) in [6.07, 6.45) is 3.60. The number of halogens is 1. The number of hydrogen-bond donors (Lipinski definition) is 1. The minimum absolute atomic E-state index is 0.199. The van der Waals surface area contributed by atoms with E-state index in [1.165, 1.54) is 6.26 Å². The Morgan fingerprint density at radius 1 is 1.44 bits per heavy atom. The molecular weight excluding hydrogens is 255 g/mol. The van der Waals surface area contributed by atoms with Crippen LogP contribution < -0.4 is 5.32 Å². The number of aryl methyl sites for hydroxylation is 1. The van der Waals surface area contributed by atoms with Crippen molar-refractivity contribution in [2.24, 2.45) is 0 Å². The Labute approximate surface area is 108 Å². The Bertz CT molecular complexity index is 532. The van der Waals surface area contributed by atoms with Gasteiger partial charge in [-0.1, -0.05) is 6.92 Å². The van der Waals surface area contributed by atoms with Gasteiger partial charge in [-0.05, 0) is 25.1 Å². The van der Waals surface area contributed by atoms with Gasteiger partial charge in [0, 0.05) is 6.54 Å². The van der Waals surface area contributed by atoms with Gasteiger partial charge in [0.15, 0.2) is 5.82 Å². The molecule has 0 saturated heterocycles. The number of nitrogens with one attached hydrogen (secondary N) is 1. The number of nitrogens with zero attached hydrogens (tertiary/aromatic N) is 3. The van der Waals surface area contributed by atoms with Gasteiger partial charge in [0.25, 0.3) is 5.22 Å². The van der Waals surface area contributed by atoms with E-state index < -0.39 is 5.82 Å². The molecule has 0 saturated carbocycles. The second-order valence-electron chi connectivity index (χ2n) is 3.63. The molecule has 2 rings (SSSR count). The predicted octanol–water partition coefficient (Wildman–Crippen LogP) is 2.89. The van der Waals surface area contributed by atoms with E-state index in [4.69, 9.17) is 4.42 Å². The van der Waals surface area contributed by atoms with E-state index in [1.807, 2.05) is 6.92 Å². The van der Waals surface area contributed by atoms with Gasteiger partial charge in [-0.2, -0.15) is 0 Å². The van der Waals surface area contributed by atoms with Gasteiger partial charge in [-0.25, -0.2) is 19.3 Å². The maximum atomic E-state index is 13.5. The van der Waals surface area contributed by atoms with Crippen LogP contribution in [0.25, 0.3) is 0 Å². The van der Waals surface area contributed by atoms with E-state index in [2.05, 4.69) is 20.3 Å². The van der Waals surface area contributed by atoms with Crippen LogP contribution in [-0.4, -0.2) is 21.5 Å². The van der Waals surface area contributed by atoms with Gasteiger partial charge >= 0.3 is 0 Å². The van der Waals surface area contributed by atoms with Crippen LogP contribution in [0.15, 0.2) is 27.1 Å². The first kappa shape index (κ1) is 12.8. The lowest BCUT2D eigenvalue weighted by molar-refractivity contribution is 0.452. The first-order valence-corrected chi connectivity index (χ1v) is 6.37.